The van der Waals surface area contributed by atoms with Crippen molar-refractivity contribution in [3.63, 3.8) is 0 Å². The fourth-order valence-electron chi connectivity index (χ4n) is 1.52. The Kier molecular flexibility index (Phi) is 5.44. The van der Waals surface area contributed by atoms with Gasteiger partial charge in [-0.2, -0.15) is 11.8 Å². The van der Waals surface area contributed by atoms with Gasteiger partial charge in [-0.25, -0.2) is 0 Å². The number of hydrogen-bond donors (Lipinski definition) is 0. The third-order valence-corrected chi connectivity index (χ3v) is 1.98. The molecule has 2 unspecified atom stereocenters. The topological polar surface area (TPSA) is 0 Å². The first kappa shape index (κ1) is 10.1. The summed E-state index contributed by atoms with van der Waals surface area (Å²) in [6.45, 7) is 4.63. The van der Waals surface area contributed by atoms with Crippen LogP contribution in [-0.4, -0.2) is 0 Å². The van der Waals surface area contributed by atoms with E-state index in [2.05, 4.69) is 20.3 Å². The predicted molar refractivity (Wildman–Crippen MR) is 36.5 cm³/mol. The van der Waals surface area contributed by atoms with E-state index in [0.29, 0.717) is 0 Å². The molecule has 0 spiro atoms. The van der Waals surface area contributed by atoms with Crippen LogP contribution in [0.5, 0.6) is 0 Å². The molecule has 0 saturated heterocycles. The van der Waals surface area contributed by atoms with E-state index < -0.39 is 0 Å². The average molecular weight is 200 g/mol. The molecular weight excluding hydrogens is 185 g/mol. The SMILES string of the molecule is CC1[CH-]C(C)CCC1.[Y]. The van der Waals surface area contributed by atoms with Gasteiger partial charge in [0, 0.05) is 32.7 Å². The maximum atomic E-state index is 2.48. The predicted octanol–water partition coefficient (Wildman–Crippen LogP) is 2.64. The molecule has 0 aliphatic heterocycles. The Bertz CT molecular complexity index is 63.0. The minimum absolute atomic E-state index is 0. The van der Waals surface area contributed by atoms with Crippen molar-refractivity contribution in [3.8, 4) is 0 Å². The molecule has 1 fully saturated rings. The normalized spacial score (nSPS) is 35.3. The molecule has 1 saturated carbocycles. The molecule has 9 heavy (non-hydrogen) atoms. The molecule has 0 aromatic rings. The van der Waals surface area contributed by atoms with Crippen molar-refractivity contribution in [1.82, 2.24) is 0 Å². The molecule has 0 aromatic carbocycles. The summed E-state index contributed by atoms with van der Waals surface area (Å²) in [4.78, 5) is 0. The summed E-state index contributed by atoms with van der Waals surface area (Å²) in [5.41, 5.74) is 0. The molecule has 0 bridgehead atoms. The molecule has 0 aromatic heterocycles. The minimum Gasteiger partial charge on any atom is -0.323 e. The second kappa shape index (κ2) is 4.85. The Hall–Kier alpha value is 1.10. The van der Waals surface area contributed by atoms with Crippen molar-refractivity contribution in [3.05, 3.63) is 6.42 Å². The van der Waals surface area contributed by atoms with E-state index in [0.717, 1.165) is 11.8 Å². The van der Waals surface area contributed by atoms with E-state index in [1.54, 1.807) is 0 Å². The number of rotatable bonds is 0. The van der Waals surface area contributed by atoms with Crippen LogP contribution in [0.4, 0.5) is 0 Å². The van der Waals surface area contributed by atoms with E-state index in [4.69, 9.17) is 0 Å². The van der Waals surface area contributed by atoms with E-state index in [1.807, 2.05) is 0 Å². The fraction of sp³-hybridized carbons (Fsp3) is 0.875. The summed E-state index contributed by atoms with van der Waals surface area (Å²) in [7, 11) is 0. The van der Waals surface area contributed by atoms with Gasteiger partial charge in [-0.15, -0.1) is 0 Å². The zero-order valence-electron chi connectivity index (χ0n) is 6.43. The van der Waals surface area contributed by atoms with Crippen LogP contribution in [0.1, 0.15) is 33.1 Å². The zero-order valence-corrected chi connectivity index (χ0v) is 9.27. The molecule has 0 heterocycles. The maximum absolute atomic E-state index is 2.48. The molecule has 1 heteroatoms. The van der Waals surface area contributed by atoms with Crippen molar-refractivity contribution in [2.75, 3.05) is 0 Å². The van der Waals surface area contributed by atoms with Gasteiger partial charge in [0.15, 0.2) is 0 Å². The molecule has 0 nitrogen and oxygen atoms in total. The van der Waals surface area contributed by atoms with Crippen LogP contribution in [0.3, 0.4) is 0 Å². The van der Waals surface area contributed by atoms with E-state index >= 15 is 0 Å². The van der Waals surface area contributed by atoms with Gasteiger partial charge in [-0.05, 0) is 0 Å². The van der Waals surface area contributed by atoms with E-state index in [1.165, 1.54) is 19.3 Å². The Morgan fingerprint density at radius 2 is 1.56 bits per heavy atom. The van der Waals surface area contributed by atoms with Crippen LogP contribution in [0.25, 0.3) is 0 Å². The molecule has 0 amide bonds. The van der Waals surface area contributed by atoms with Crippen molar-refractivity contribution >= 4 is 0 Å². The van der Waals surface area contributed by atoms with Crippen LogP contribution in [0.2, 0.25) is 0 Å². The molecule has 2 atom stereocenters. The molecular formula is C8H15Y-. The Morgan fingerprint density at radius 1 is 1.11 bits per heavy atom. The van der Waals surface area contributed by atoms with Gasteiger partial charge in [0.2, 0.25) is 0 Å². The summed E-state index contributed by atoms with van der Waals surface area (Å²) in [6, 6.07) is 0. The average Bonchev–Trinajstić information content (AvgIpc) is 1.64. The van der Waals surface area contributed by atoms with Crippen LogP contribution in [-0.2, 0) is 32.7 Å². The fourth-order valence-corrected chi connectivity index (χ4v) is 1.52. The molecule has 1 aliphatic rings. The molecule has 1 rings (SSSR count). The zero-order chi connectivity index (χ0) is 5.98. The van der Waals surface area contributed by atoms with Crippen molar-refractivity contribution < 1.29 is 32.7 Å². The third-order valence-electron chi connectivity index (χ3n) is 1.98. The monoisotopic (exact) mass is 200 g/mol. The largest absolute Gasteiger partial charge is 0.323 e. The van der Waals surface area contributed by atoms with Gasteiger partial charge in [0.05, 0.1) is 0 Å². The number of hydrogen-bond acceptors (Lipinski definition) is 0. The van der Waals surface area contributed by atoms with Gasteiger partial charge >= 0.3 is 0 Å². The van der Waals surface area contributed by atoms with E-state index in [9.17, 15) is 0 Å². The molecule has 51 valence electrons. The summed E-state index contributed by atoms with van der Waals surface area (Å²) in [5, 5.41) is 0. The quantitative estimate of drug-likeness (QED) is 0.527. The first-order chi connectivity index (χ1) is 3.79. The van der Waals surface area contributed by atoms with Crippen molar-refractivity contribution in [2.45, 2.75) is 33.1 Å². The smallest absolute Gasteiger partial charge is 0 e. The van der Waals surface area contributed by atoms with Gasteiger partial charge in [-0.3, -0.25) is 0 Å². The Labute approximate surface area is 83.7 Å². The van der Waals surface area contributed by atoms with Crippen LogP contribution in [0.15, 0.2) is 0 Å². The van der Waals surface area contributed by atoms with Crippen LogP contribution < -0.4 is 0 Å². The van der Waals surface area contributed by atoms with Crippen LogP contribution >= 0.6 is 0 Å². The van der Waals surface area contributed by atoms with Crippen molar-refractivity contribution in [2.24, 2.45) is 11.8 Å². The second-order valence-corrected chi connectivity index (χ2v) is 3.08. The van der Waals surface area contributed by atoms with Gasteiger partial charge in [0.25, 0.3) is 0 Å². The molecule has 1 radical (unpaired) electrons. The Balaban J connectivity index is 0.000000640. The standard InChI is InChI=1S/C8H15.Y/c1-7-4-3-5-8(2)6-7;/h6-8H,3-5H2,1-2H3;/q-1;. The second-order valence-electron chi connectivity index (χ2n) is 3.08. The van der Waals surface area contributed by atoms with Crippen LogP contribution in [0, 0.1) is 18.3 Å². The minimum atomic E-state index is 0. The first-order valence-corrected chi connectivity index (χ1v) is 3.64. The summed E-state index contributed by atoms with van der Waals surface area (Å²) in [6.07, 6.45) is 6.76. The van der Waals surface area contributed by atoms with Crippen molar-refractivity contribution in [1.29, 1.82) is 0 Å². The molecule has 0 N–H and O–H groups in total. The summed E-state index contributed by atoms with van der Waals surface area (Å²) in [5.74, 6) is 1.78. The van der Waals surface area contributed by atoms with Gasteiger partial charge in [-0.1, -0.05) is 33.1 Å². The third kappa shape index (κ3) is 3.73. The molecule has 1 aliphatic carbocycles. The van der Waals surface area contributed by atoms with Gasteiger partial charge < -0.3 is 6.42 Å². The maximum Gasteiger partial charge on any atom is 0 e. The van der Waals surface area contributed by atoms with Gasteiger partial charge in [0.1, 0.15) is 0 Å². The van der Waals surface area contributed by atoms with E-state index in [-0.39, 0.29) is 32.7 Å². The first-order valence-electron chi connectivity index (χ1n) is 3.64. The summed E-state index contributed by atoms with van der Waals surface area (Å²) < 4.78 is 0. The Morgan fingerprint density at radius 3 is 1.78 bits per heavy atom. The summed E-state index contributed by atoms with van der Waals surface area (Å²) >= 11 is 0.